The fourth-order valence-electron chi connectivity index (χ4n) is 3.68. The number of para-hydroxylation sites is 1. The van der Waals surface area contributed by atoms with E-state index in [9.17, 15) is 9.59 Å². The zero-order valence-electron chi connectivity index (χ0n) is 21.2. The summed E-state index contributed by atoms with van der Waals surface area (Å²) in [6.45, 7) is 9.95. The summed E-state index contributed by atoms with van der Waals surface area (Å²) in [5.74, 6) is -0.440. The fraction of sp³-hybridized carbons (Fsp3) is 0.333. The Morgan fingerprint density at radius 3 is 2.50 bits per heavy atom. The summed E-state index contributed by atoms with van der Waals surface area (Å²) in [7, 11) is 0. The molecule has 0 radical (unpaired) electrons. The summed E-state index contributed by atoms with van der Waals surface area (Å²) in [4.78, 5) is 25.0. The number of carbonyl (C=O) groups is 2. The first-order valence-corrected chi connectivity index (χ1v) is 12.1. The van der Waals surface area contributed by atoms with Gasteiger partial charge in [0.25, 0.3) is 5.91 Å². The second-order valence-corrected chi connectivity index (χ2v) is 9.69. The quantitative estimate of drug-likeness (QED) is 0.215. The zero-order valence-corrected chi connectivity index (χ0v) is 22.0. The molecule has 0 fully saturated rings. The molecule has 0 saturated heterocycles. The molecule has 8 nitrogen and oxygen atoms in total. The predicted molar refractivity (Wildman–Crippen MR) is 144 cm³/mol. The lowest BCUT2D eigenvalue weighted by molar-refractivity contribution is -0.139. The van der Waals surface area contributed by atoms with Gasteiger partial charge in [-0.05, 0) is 48.7 Å². The van der Waals surface area contributed by atoms with Gasteiger partial charge in [-0.2, -0.15) is 5.10 Å². The fourth-order valence-corrected chi connectivity index (χ4v) is 3.95. The normalized spacial score (nSPS) is 15.8. The summed E-state index contributed by atoms with van der Waals surface area (Å²) >= 11 is 5.30. The van der Waals surface area contributed by atoms with Crippen molar-refractivity contribution in [1.82, 2.24) is 16.1 Å². The molecule has 0 aromatic heterocycles. The van der Waals surface area contributed by atoms with Crippen LogP contribution < -0.4 is 20.8 Å². The molecule has 1 aliphatic heterocycles. The number of nitrogens with one attached hydrogen (secondary N) is 3. The van der Waals surface area contributed by atoms with Crippen LogP contribution in [0.25, 0.3) is 0 Å². The lowest BCUT2D eigenvalue weighted by atomic mass is 9.87. The van der Waals surface area contributed by atoms with E-state index in [-0.39, 0.29) is 18.6 Å². The summed E-state index contributed by atoms with van der Waals surface area (Å²) in [6.07, 6.45) is 1.58. The Morgan fingerprint density at radius 2 is 1.83 bits per heavy atom. The van der Waals surface area contributed by atoms with Crippen molar-refractivity contribution in [2.45, 2.75) is 46.1 Å². The molecule has 3 N–H and O–H groups in total. The maximum absolute atomic E-state index is 12.7. The van der Waals surface area contributed by atoms with Crippen molar-refractivity contribution in [2.75, 3.05) is 13.2 Å². The highest BCUT2D eigenvalue weighted by Gasteiger charge is 2.32. The Morgan fingerprint density at radius 1 is 1.14 bits per heavy atom. The van der Waals surface area contributed by atoms with Crippen molar-refractivity contribution in [2.24, 2.45) is 5.10 Å². The van der Waals surface area contributed by atoms with Crippen LogP contribution in [0.2, 0.25) is 0 Å². The zero-order chi connectivity index (χ0) is 26.3. The maximum Gasteiger partial charge on any atom is 0.338 e. The highest BCUT2D eigenvalue weighted by atomic mass is 32.1. The SMILES string of the molecule is CCOC(=O)C1=C(C)NC(=S)N[C@@H]1c1ccccc1OCC(=O)NN=Cc1ccc(C(C)(C)C)cc1. The first-order chi connectivity index (χ1) is 17.1. The molecule has 1 amide bonds. The minimum atomic E-state index is -0.592. The van der Waals surface area contributed by atoms with Gasteiger partial charge in [0, 0.05) is 11.3 Å². The minimum Gasteiger partial charge on any atom is -0.483 e. The smallest absolute Gasteiger partial charge is 0.338 e. The Labute approximate surface area is 217 Å². The third kappa shape index (κ3) is 6.91. The number of rotatable bonds is 8. The molecule has 3 rings (SSSR count). The van der Waals surface area contributed by atoms with Gasteiger partial charge >= 0.3 is 5.97 Å². The third-order valence-corrected chi connectivity index (χ3v) is 5.75. The minimum absolute atomic E-state index is 0.0671. The van der Waals surface area contributed by atoms with Crippen LogP contribution in [0.4, 0.5) is 0 Å². The van der Waals surface area contributed by atoms with Gasteiger partial charge in [0.2, 0.25) is 0 Å². The second kappa shape index (κ2) is 11.8. The molecule has 190 valence electrons. The standard InChI is InChI=1S/C27H32N4O4S/c1-6-34-25(33)23-17(2)29-26(36)30-24(23)20-9-7-8-10-21(20)35-16-22(32)31-28-15-18-11-13-19(14-12-18)27(3,4)5/h7-15,24H,6,16H2,1-5H3,(H,31,32)(H2,29,30,36)/t24-/m1/s1. The molecular weight excluding hydrogens is 476 g/mol. The van der Waals surface area contributed by atoms with E-state index in [0.29, 0.717) is 27.7 Å². The lowest BCUT2D eigenvalue weighted by Crippen LogP contribution is -2.45. The van der Waals surface area contributed by atoms with Crippen molar-refractivity contribution in [3.05, 3.63) is 76.5 Å². The van der Waals surface area contributed by atoms with E-state index >= 15 is 0 Å². The molecule has 0 saturated carbocycles. The molecule has 2 aromatic rings. The van der Waals surface area contributed by atoms with Crippen LogP contribution >= 0.6 is 12.2 Å². The molecule has 1 heterocycles. The molecule has 0 aliphatic carbocycles. The van der Waals surface area contributed by atoms with Crippen LogP contribution in [-0.4, -0.2) is 36.4 Å². The number of hydrogen-bond donors (Lipinski definition) is 3. The van der Waals surface area contributed by atoms with E-state index in [1.165, 1.54) is 5.56 Å². The van der Waals surface area contributed by atoms with Crippen LogP contribution in [0.15, 0.2) is 64.9 Å². The van der Waals surface area contributed by atoms with Gasteiger partial charge in [-0.25, -0.2) is 10.2 Å². The van der Waals surface area contributed by atoms with Gasteiger partial charge in [0.05, 0.1) is 24.4 Å². The van der Waals surface area contributed by atoms with E-state index in [1.54, 1.807) is 32.2 Å². The maximum atomic E-state index is 12.7. The van der Waals surface area contributed by atoms with Gasteiger partial charge < -0.3 is 20.1 Å². The largest absolute Gasteiger partial charge is 0.483 e. The highest BCUT2D eigenvalue weighted by molar-refractivity contribution is 7.80. The Kier molecular flexibility index (Phi) is 8.82. The molecule has 36 heavy (non-hydrogen) atoms. The Hall–Kier alpha value is -3.72. The van der Waals surface area contributed by atoms with Crippen molar-refractivity contribution in [3.63, 3.8) is 0 Å². The van der Waals surface area contributed by atoms with Crippen molar-refractivity contribution in [3.8, 4) is 5.75 Å². The Balaban J connectivity index is 1.67. The average molecular weight is 509 g/mol. The van der Waals surface area contributed by atoms with Gasteiger partial charge in [-0.1, -0.05) is 63.2 Å². The highest BCUT2D eigenvalue weighted by Crippen LogP contribution is 2.33. The topological polar surface area (TPSA) is 101 Å². The van der Waals surface area contributed by atoms with Crippen LogP contribution in [0.3, 0.4) is 0 Å². The number of nitrogens with zero attached hydrogens (tertiary/aromatic N) is 1. The van der Waals surface area contributed by atoms with Crippen molar-refractivity contribution >= 4 is 35.4 Å². The predicted octanol–water partition coefficient (Wildman–Crippen LogP) is 3.87. The van der Waals surface area contributed by atoms with E-state index in [2.05, 4.69) is 41.9 Å². The van der Waals surface area contributed by atoms with Crippen molar-refractivity contribution in [1.29, 1.82) is 0 Å². The van der Waals surface area contributed by atoms with Gasteiger partial charge in [0.15, 0.2) is 11.7 Å². The van der Waals surface area contributed by atoms with E-state index < -0.39 is 17.9 Å². The van der Waals surface area contributed by atoms with E-state index in [1.807, 2.05) is 36.4 Å². The first kappa shape index (κ1) is 26.9. The number of amides is 1. The second-order valence-electron chi connectivity index (χ2n) is 9.28. The number of benzene rings is 2. The average Bonchev–Trinajstić information content (AvgIpc) is 2.82. The summed E-state index contributed by atoms with van der Waals surface area (Å²) in [6, 6.07) is 14.6. The van der Waals surface area contributed by atoms with Gasteiger partial charge in [-0.3, -0.25) is 4.79 Å². The van der Waals surface area contributed by atoms with Gasteiger partial charge in [0.1, 0.15) is 5.75 Å². The Bertz CT molecular complexity index is 1180. The molecule has 0 bridgehead atoms. The summed E-state index contributed by atoms with van der Waals surface area (Å²) in [5.41, 5.74) is 6.28. The summed E-state index contributed by atoms with van der Waals surface area (Å²) in [5, 5.41) is 10.5. The van der Waals surface area contributed by atoms with E-state index in [4.69, 9.17) is 21.7 Å². The lowest BCUT2D eigenvalue weighted by Gasteiger charge is -2.30. The molecule has 1 atom stereocenters. The van der Waals surface area contributed by atoms with Crippen LogP contribution in [-0.2, 0) is 19.7 Å². The third-order valence-electron chi connectivity index (χ3n) is 5.53. The number of ether oxygens (including phenoxy) is 2. The molecule has 1 aliphatic rings. The van der Waals surface area contributed by atoms with Gasteiger partial charge in [-0.15, -0.1) is 0 Å². The van der Waals surface area contributed by atoms with E-state index in [0.717, 1.165) is 5.56 Å². The molecule has 0 spiro atoms. The molecule has 0 unspecified atom stereocenters. The number of allylic oxidation sites excluding steroid dienone is 1. The molecular formula is C27H32N4O4S. The van der Waals surface area contributed by atoms with Crippen molar-refractivity contribution < 1.29 is 19.1 Å². The number of thiocarbonyl (C=S) groups is 1. The molecule has 9 heteroatoms. The number of esters is 1. The first-order valence-electron chi connectivity index (χ1n) is 11.7. The molecule has 2 aromatic carbocycles. The summed E-state index contributed by atoms with van der Waals surface area (Å²) < 4.78 is 11.0. The van der Waals surface area contributed by atoms with Crippen LogP contribution in [0.5, 0.6) is 5.75 Å². The van der Waals surface area contributed by atoms with Crippen LogP contribution in [0.1, 0.15) is 57.4 Å². The monoisotopic (exact) mass is 508 g/mol. The number of hydrogen-bond acceptors (Lipinski definition) is 6. The number of carbonyl (C=O) groups excluding carboxylic acids is 2. The van der Waals surface area contributed by atoms with Crippen LogP contribution in [0, 0.1) is 0 Å². The number of hydrazone groups is 1.